The van der Waals surface area contributed by atoms with Crippen LogP contribution in [-0.2, 0) is 4.74 Å². The van der Waals surface area contributed by atoms with Crippen LogP contribution in [-0.4, -0.2) is 45.5 Å². The van der Waals surface area contributed by atoms with E-state index in [0.29, 0.717) is 5.75 Å². The highest BCUT2D eigenvalue weighted by molar-refractivity contribution is 5.88. The summed E-state index contributed by atoms with van der Waals surface area (Å²) in [7, 11) is 0. The van der Waals surface area contributed by atoms with Crippen LogP contribution < -0.4 is 4.74 Å². The second-order valence-corrected chi connectivity index (χ2v) is 6.15. The summed E-state index contributed by atoms with van der Waals surface area (Å²) >= 11 is 0. The Morgan fingerprint density at radius 1 is 1.05 bits per heavy atom. The quantitative estimate of drug-likeness (QED) is 0.799. The molecule has 1 aliphatic heterocycles. The maximum atomic E-state index is 10.2. The van der Waals surface area contributed by atoms with Gasteiger partial charge < -0.3 is 24.8 Å². The summed E-state index contributed by atoms with van der Waals surface area (Å²) in [6.45, 7) is 3.11. The Labute approximate surface area is 128 Å². The molecule has 22 heavy (non-hydrogen) atoms. The number of rotatable bonds is 3. The fourth-order valence-corrected chi connectivity index (χ4v) is 2.79. The molecule has 0 saturated carbocycles. The van der Waals surface area contributed by atoms with Crippen LogP contribution in [0.15, 0.2) is 42.5 Å². The average Bonchev–Trinajstić information content (AvgIpc) is 2.76. The summed E-state index contributed by atoms with van der Waals surface area (Å²) in [5.74, 6) is 0.578. The number of hydrogen-bond acceptors (Lipinski definition) is 5. The van der Waals surface area contributed by atoms with Crippen LogP contribution in [0.4, 0.5) is 0 Å². The summed E-state index contributed by atoms with van der Waals surface area (Å²) in [5, 5.41) is 31.9. The molecule has 0 spiro atoms. The smallest absolute Gasteiger partial charge is 0.185 e. The lowest BCUT2D eigenvalue weighted by molar-refractivity contribution is -0.164. The molecule has 1 unspecified atom stereocenters. The molecule has 2 aromatic rings. The van der Waals surface area contributed by atoms with E-state index < -0.39 is 30.2 Å². The molecule has 2 aromatic carbocycles. The minimum atomic E-state index is -1.38. The second-order valence-electron chi connectivity index (χ2n) is 6.15. The van der Waals surface area contributed by atoms with Crippen LogP contribution in [0, 0.1) is 0 Å². The highest BCUT2D eigenvalue weighted by Gasteiger charge is 2.51. The zero-order valence-electron chi connectivity index (χ0n) is 12.5. The van der Waals surface area contributed by atoms with Crippen LogP contribution in [0.5, 0.6) is 5.75 Å². The van der Waals surface area contributed by atoms with E-state index in [4.69, 9.17) is 9.47 Å². The lowest BCUT2D eigenvalue weighted by atomic mass is 9.95. The Balaban J connectivity index is 1.96. The molecule has 1 saturated heterocycles. The van der Waals surface area contributed by atoms with Crippen LogP contribution >= 0.6 is 0 Å². The SMILES string of the molecule is CC(C)(O)[C@H]1OC(O)[C@H](O)[C@@H]1Oc1cccc2ccccc12. The third-order valence-electron chi connectivity index (χ3n) is 3.92. The monoisotopic (exact) mass is 304 g/mol. The average molecular weight is 304 g/mol. The molecule has 1 heterocycles. The van der Waals surface area contributed by atoms with E-state index in [0.717, 1.165) is 10.8 Å². The molecule has 3 rings (SSSR count). The van der Waals surface area contributed by atoms with Gasteiger partial charge in [-0.3, -0.25) is 0 Å². The fourth-order valence-electron chi connectivity index (χ4n) is 2.79. The molecule has 5 heteroatoms. The Morgan fingerprint density at radius 2 is 1.73 bits per heavy atom. The molecule has 3 N–H and O–H groups in total. The largest absolute Gasteiger partial charge is 0.484 e. The standard InChI is InChI=1S/C17H20O5/c1-17(2,20)15-14(13(18)16(19)22-15)21-12-9-5-7-10-6-3-4-8-11(10)12/h3-9,13-16,18-20H,1-2H3/t13-,14+,15+,16?/m1/s1. The molecule has 0 radical (unpaired) electrons. The summed E-state index contributed by atoms with van der Waals surface area (Å²) in [6.07, 6.45) is -4.30. The first-order valence-electron chi connectivity index (χ1n) is 7.26. The Bertz CT molecular complexity index is 658. The van der Waals surface area contributed by atoms with Crippen molar-refractivity contribution in [2.24, 2.45) is 0 Å². The highest BCUT2D eigenvalue weighted by Crippen LogP contribution is 2.33. The number of benzene rings is 2. The number of ether oxygens (including phenoxy) is 2. The summed E-state index contributed by atoms with van der Waals surface area (Å²) in [5.41, 5.74) is -1.26. The van der Waals surface area contributed by atoms with Gasteiger partial charge in [0.25, 0.3) is 0 Å². The van der Waals surface area contributed by atoms with E-state index in [9.17, 15) is 15.3 Å². The van der Waals surface area contributed by atoms with Gasteiger partial charge in [-0.2, -0.15) is 0 Å². The number of aliphatic hydroxyl groups is 3. The molecule has 0 bridgehead atoms. The van der Waals surface area contributed by atoms with Gasteiger partial charge in [0.15, 0.2) is 12.4 Å². The summed E-state index contributed by atoms with van der Waals surface area (Å²) < 4.78 is 11.2. The number of hydrogen-bond donors (Lipinski definition) is 3. The molecule has 0 aromatic heterocycles. The molecule has 0 amide bonds. The molecular weight excluding hydrogens is 284 g/mol. The van der Waals surface area contributed by atoms with Crippen LogP contribution in [0.3, 0.4) is 0 Å². The molecule has 1 aliphatic rings. The molecule has 118 valence electrons. The van der Waals surface area contributed by atoms with Crippen molar-refractivity contribution in [1.29, 1.82) is 0 Å². The van der Waals surface area contributed by atoms with E-state index in [1.807, 2.05) is 36.4 Å². The number of aliphatic hydroxyl groups excluding tert-OH is 2. The van der Waals surface area contributed by atoms with Gasteiger partial charge in [0.05, 0.1) is 5.60 Å². The van der Waals surface area contributed by atoms with Gasteiger partial charge in [0, 0.05) is 5.39 Å². The van der Waals surface area contributed by atoms with Crippen LogP contribution in [0.25, 0.3) is 10.8 Å². The van der Waals surface area contributed by atoms with Crippen LogP contribution in [0.2, 0.25) is 0 Å². The van der Waals surface area contributed by atoms with E-state index in [-0.39, 0.29) is 0 Å². The lowest BCUT2D eigenvalue weighted by Gasteiger charge is -2.30. The Kier molecular flexibility index (Phi) is 3.82. The van der Waals surface area contributed by atoms with Gasteiger partial charge in [-0.25, -0.2) is 0 Å². The normalized spacial score (nSPS) is 29.0. The first-order chi connectivity index (χ1) is 10.4. The van der Waals surface area contributed by atoms with Crippen molar-refractivity contribution in [2.75, 3.05) is 0 Å². The zero-order valence-corrected chi connectivity index (χ0v) is 12.5. The van der Waals surface area contributed by atoms with Gasteiger partial charge >= 0.3 is 0 Å². The maximum absolute atomic E-state index is 10.2. The van der Waals surface area contributed by atoms with Crippen molar-refractivity contribution >= 4 is 10.8 Å². The topological polar surface area (TPSA) is 79.2 Å². The summed E-state index contributed by atoms with van der Waals surface area (Å²) in [6, 6.07) is 13.3. The zero-order chi connectivity index (χ0) is 15.9. The molecular formula is C17H20O5. The van der Waals surface area contributed by atoms with E-state index in [1.54, 1.807) is 19.9 Å². The van der Waals surface area contributed by atoms with Crippen molar-refractivity contribution in [1.82, 2.24) is 0 Å². The van der Waals surface area contributed by atoms with Gasteiger partial charge in [-0.15, -0.1) is 0 Å². The van der Waals surface area contributed by atoms with Crippen molar-refractivity contribution < 1.29 is 24.8 Å². The molecule has 5 nitrogen and oxygen atoms in total. The van der Waals surface area contributed by atoms with Crippen LogP contribution in [0.1, 0.15) is 13.8 Å². The van der Waals surface area contributed by atoms with Gasteiger partial charge in [-0.1, -0.05) is 36.4 Å². The van der Waals surface area contributed by atoms with E-state index >= 15 is 0 Å². The van der Waals surface area contributed by atoms with Crippen molar-refractivity contribution in [2.45, 2.75) is 44.1 Å². The third kappa shape index (κ3) is 2.68. The van der Waals surface area contributed by atoms with Gasteiger partial charge in [0.1, 0.15) is 18.0 Å². The predicted octanol–water partition coefficient (Wildman–Crippen LogP) is 1.44. The number of fused-ring (bicyclic) bond motifs is 1. The minimum absolute atomic E-state index is 0.578. The highest BCUT2D eigenvalue weighted by atomic mass is 16.7. The predicted molar refractivity (Wildman–Crippen MR) is 81.5 cm³/mol. The first-order valence-corrected chi connectivity index (χ1v) is 7.26. The molecule has 1 fully saturated rings. The van der Waals surface area contributed by atoms with E-state index in [1.165, 1.54) is 0 Å². The van der Waals surface area contributed by atoms with Gasteiger partial charge in [-0.05, 0) is 25.3 Å². The van der Waals surface area contributed by atoms with E-state index in [2.05, 4.69) is 0 Å². The van der Waals surface area contributed by atoms with Crippen molar-refractivity contribution in [3.8, 4) is 5.75 Å². The van der Waals surface area contributed by atoms with Gasteiger partial charge in [0.2, 0.25) is 0 Å². The summed E-state index contributed by atoms with van der Waals surface area (Å²) in [4.78, 5) is 0. The lowest BCUT2D eigenvalue weighted by Crippen LogP contribution is -2.48. The van der Waals surface area contributed by atoms with Crippen molar-refractivity contribution in [3.63, 3.8) is 0 Å². The first kappa shape index (κ1) is 15.2. The molecule has 4 atom stereocenters. The minimum Gasteiger partial charge on any atom is -0.484 e. The molecule has 0 aliphatic carbocycles. The second kappa shape index (κ2) is 5.52. The Hall–Kier alpha value is -1.66. The van der Waals surface area contributed by atoms with Crippen molar-refractivity contribution in [3.05, 3.63) is 42.5 Å². The third-order valence-corrected chi connectivity index (χ3v) is 3.92. The fraction of sp³-hybridized carbons (Fsp3) is 0.412. The Morgan fingerprint density at radius 3 is 2.45 bits per heavy atom. The maximum Gasteiger partial charge on any atom is 0.185 e.